The van der Waals surface area contributed by atoms with Crippen LogP contribution in [0.25, 0.3) is 0 Å². The summed E-state index contributed by atoms with van der Waals surface area (Å²) in [5.74, 6) is 0.681. The Labute approximate surface area is 104 Å². The number of terminal acetylenes is 3. The summed E-state index contributed by atoms with van der Waals surface area (Å²) < 4.78 is 0. The van der Waals surface area contributed by atoms with Gasteiger partial charge >= 0.3 is 17.9 Å². The summed E-state index contributed by atoms with van der Waals surface area (Å²) in [4.78, 5) is 27.4. The van der Waals surface area contributed by atoms with Gasteiger partial charge in [-0.25, -0.2) is 14.4 Å². The zero-order valence-corrected chi connectivity index (χ0v) is 9.39. The van der Waals surface area contributed by atoms with Crippen molar-refractivity contribution in [3.05, 3.63) is 0 Å². The fourth-order valence-electron chi connectivity index (χ4n) is 0. The van der Waals surface area contributed by atoms with E-state index in [-0.39, 0.29) is 19.5 Å². The second-order valence-corrected chi connectivity index (χ2v) is 1.35. The molecule has 0 unspecified atom stereocenters. The molecule has 86 valence electrons. The zero-order chi connectivity index (χ0) is 12.9. The van der Waals surface area contributed by atoms with Crippen molar-refractivity contribution in [2.24, 2.45) is 0 Å². The first-order valence-corrected chi connectivity index (χ1v) is 2.90. The predicted octanol–water partition coefficient (Wildman–Crippen LogP) is -0.890. The minimum Gasteiger partial charge on any atom is -0.472 e. The predicted molar refractivity (Wildman–Crippen MR) is 49.4 cm³/mol. The van der Waals surface area contributed by atoms with Gasteiger partial charge < -0.3 is 15.3 Å². The molecule has 16 heavy (non-hydrogen) atoms. The summed E-state index contributed by atoms with van der Waals surface area (Å²) in [6.07, 6.45) is 13.0. The Morgan fingerprint density at radius 1 is 0.688 bits per heavy atom. The van der Waals surface area contributed by atoms with E-state index < -0.39 is 17.9 Å². The van der Waals surface area contributed by atoms with Crippen LogP contribution >= 0.6 is 0 Å². The Hall–Kier alpha value is -2.29. The van der Waals surface area contributed by atoms with E-state index in [1.54, 1.807) is 0 Å². The number of carboxylic acid groups (broad SMARTS) is 3. The van der Waals surface area contributed by atoms with Crippen LogP contribution in [0.1, 0.15) is 0 Å². The van der Waals surface area contributed by atoms with Crippen LogP contribution in [0.2, 0.25) is 0 Å². The third-order valence-corrected chi connectivity index (χ3v) is 0.370. The van der Waals surface area contributed by atoms with Gasteiger partial charge in [0.25, 0.3) is 0 Å². The fourth-order valence-corrected chi connectivity index (χ4v) is 0. The maximum Gasteiger partial charge on any atom is 0.381 e. The van der Waals surface area contributed by atoms with Gasteiger partial charge in [-0.3, -0.25) is 0 Å². The molecule has 0 aliphatic rings. The SMILES string of the molecule is C#CC(=O)O.C#CC(=O)O.C#CC(=O)O.[Ru]. The van der Waals surface area contributed by atoms with Gasteiger partial charge in [0.05, 0.1) is 0 Å². The molecule has 0 spiro atoms. The van der Waals surface area contributed by atoms with Crippen LogP contribution < -0.4 is 0 Å². The molecule has 0 aliphatic carbocycles. The summed E-state index contributed by atoms with van der Waals surface area (Å²) in [5, 5.41) is 22.5. The number of rotatable bonds is 0. The van der Waals surface area contributed by atoms with Crippen molar-refractivity contribution in [2.45, 2.75) is 0 Å². The standard InChI is InChI=1S/3C3H2O2.Ru/c3*1-2-3(4)5;/h3*1H,(H,4,5);. The first-order valence-electron chi connectivity index (χ1n) is 2.90. The van der Waals surface area contributed by atoms with E-state index in [2.05, 4.69) is 19.3 Å². The van der Waals surface area contributed by atoms with Crippen LogP contribution in [0.3, 0.4) is 0 Å². The second kappa shape index (κ2) is 18.5. The molecule has 3 N–H and O–H groups in total. The molecule has 0 rings (SSSR count). The third-order valence-electron chi connectivity index (χ3n) is 0.370. The molecular formula is C9H6O6Ru. The molecule has 0 radical (unpaired) electrons. The first-order chi connectivity index (χ1) is 6.81. The van der Waals surface area contributed by atoms with E-state index in [9.17, 15) is 0 Å². The van der Waals surface area contributed by atoms with Crippen molar-refractivity contribution >= 4 is 17.9 Å². The first kappa shape index (κ1) is 23.5. The largest absolute Gasteiger partial charge is 0.472 e. The number of hydrogen-bond donors (Lipinski definition) is 3. The topological polar surface area (TPSA) is 112 Å². The van der Waals surface area contributed by atoms with Crippen LogP contribution in [0.5, 0.6) is 0 Å². The summed E-state index contributed by atoms with van der Waals surface area (Å²) in [6, 6.07) is 0. The maximum absolute atomic E-state index is 9.13. The summed E-state index contributed by atoms with van der Waals surface area (Å²) in [5.41, 5.74) is 0. The molecule has 0 atom stereocenters. The van der Waals surface area contributed by atoms with Gasteiger partial charge in [-0.05, 0) is 0 Å². The number of aliphatic carboxylic acids is 3. The molecule has 0 aliphatic heterocycles. The zero-order valence-electron chi connectivity index (χ0n) is 7.65. The molecule has 0 aromatic rings. The minimum absolute atomic E-state index is 0. The van der Waals surface area contributed by atoms with E-state index in [0.717, 1.165) is 0 Å². The molecule has 0 aromatic heterocycles. The van der Waals surface area contributed by atoms with Gasteiger partial charge in [0.15, 0.2) is 0 Å². The van der Waals surface area contributed by atoms with E-state index in [0.29, 0.717) is 0 Å². The van der Waals surface area contributed by atoms with Crippen LogP contribution in [0, 0.1) is 37.0 Å². The third kappa shape index (κ3) is 97.5. The Bertz CT molecular complexity index is 295. The van der Waals surface area contributed by atoms with Crippen LogP contribution in [-0.4, -0.2) is 33.2 Å². The molecule has 0 saturated carbocycles. The van der Waals surface area contributed by atoms with E-state index >= 15 is 0 Å². The Kier molecular flexibility index (Phi) is 27.1. The molecule has 0 aromatic carbocycles. The Balaban J connectivity index is -0.0000000655. The van der Waals surface area contributed by atoms with Crippen LogP contribution in [-0.2, 0) is 33.9 Å². The van der Waals surface area contributed by atoms with Gasteiger partial charge in [-0.15, -0.1) is 19.3 Å². The van der Waals surface area contributed by atoms with Crippen molar-refractivity contribution < 1.29 is 49.2 Å². The monoisotopic (exact) mass is 312 g/mol. The number of hydrogen-bond acceptors (Lipinski definition) is 3. The molecule has 7 heteroatoms. The maximum atomic E-state index is 9.13. The van der Waals surface area contributed by atoms with Crippen LogP contribution in [0.4, 0.5) is 0 Å². The van der Waals surface area contributed by atoms with E-state index in [1.807, 2.05) is 0 Å². The Morgan fingerprint density at radius 2 is 0.750 bits per heavy atom. The fraction of sp³-hybridized carbons (Fsp3) is 0. The smallest absolute Gasteiger partial charge is 0.381 e. The summed E-state index contributed by atoms with van der Waals surface area (Å²) in [6.45, 7) is 0. The summed E-state index contributed by atoms with van der Waals surface area (Å²) >= 11 is 0. The molecule has 0 amide bonds. The van der Waals surface area contributed by atoms with Crippen molar-refractivity contribution in [1.29, 1.82) is 0 Å². The van der Waals surface area contributed by atoms with E-state index in [1.165, 1.54) is 17.8 Å². The van der Waals surface area contributed by atoms with Gasteiger partial charge in [-0.1, -0.05) is 0 Å². The molecule has 0 fully saturated rings. The van der Waals surface area contributed by atoms with Gasteiger partial charge in [0, 0.05) is 37.2 Å². The Morgan fingerprint density at radius 3 is 0.750 bits per heavy atom. The number of carbonyl (C=O) groups is 3. The normalized spacial score (nSPS) is 5.06. The minimum atomic E-state index is -1.22. The van der Waals surface area contributed by atoms with E-state index in [4.69, 9.17) is 29.7 Å². The summed E-state index contributed by atoms with van der Waals surface area (Å²) in [7, 11) is 0. The molecule has 0 saturated heterocycles. The van der Waals surface area contributed by atoms with Crippen molar-refractivity contribution in [2.75, 3.05) is 0 Å². The number of carboxylic acids is 3. The average Bonchev–Trinajstić information content (AvgIpc) is 2.19. The van der Waals surface area contributed by atoms with Gasteiger partial charge in [0.1, 0.15) is 0 Å². The van der Waals surface area contributed by atoms with Gasteiger partial charge in [-0.2, -0.15) is 0 Å². The molecule has 0 bridgehead atoms. The van der Waals surface area contributed by atoms with Crippen molar-refractivity contribution in [3.63, 3.8) is 0 Å². The average molecular weight is 311 g/mol. The second-order valence-electron chi connectivity index (χ2n) is 1.35. The van der Waals surface area contributed by atoms with Crippen molar-refractivity contribution in [1.82, 2.24) is 0 Å². The molecule has 0 heterocycles. The quantitative estimate of drug-likeness (QED) is 0.395. The van der Waals surface area contributed by atoms with Crippen molar-refractivity contribution in [3.8, 4) is 37.0 Å². The molecule has 6 nitrogen and oxygen atoms in total. The van der Waals surface area contributed by atoms with Crippen LogP contribution in [0.15, 0.2) is 0 Å². The molecular weight excluding hydrogens is 305 g/mol. The van der Waals surface area contributed by atoms with Gasteiger partial charge in [0.2, 0.25) is 0 Å².